The minimum Gasteiger partial charge on any atom is -0.324 e. The molecule has 0 saturated heterocycles. The van der Waals surface area contributed by atoms with Gasteiger partial charge in [0.25, 0.3) is 0 Å². The molecule has 1 atom stereocenters. The highest BCUT2D eigenvalue weighted by Gasteiger charge is 2.09. The highest BCUT2D eigenvalue weighted by Crippen LogP contribution is 2.25. The first kappa shape index (κ1) is 10.8. The number of aromatic nitrogens is 2. The SMILES string of the molecule is CC(N)c1ccc(F)c(-c2cnn(C)c2)c1. The van der Waals surface area contributed by atoms with E-state index in [9.17, 15) is 4.39 Å². The third kappa shape index (κ3) is 1.97. The summed E-state index contributed by atoms with van der Waals surface area (Å²) in [5.41, 5.74) is 8.00. The highest BCUT2D eigenvalue weighted by atomic mass is 19.1. The summed E-state index contributed by atoms with van der Waals surface area (Å²) in [6.45, 7) is 1.88. The van der Waals surface area contributed by atoms with Crippen LogP contribution in [0.5, 0.6) is 0 Å². The molecular formula is C12H14FN3. The van der Waals surface area contributed by atoms with Gasteiger partial charge in [-0.05, 0) is 24.6 Å². The molecule has 84 valence electrons. The van der Waals surface area contributed by atoms with Gasteiger partial charge < -0.3 is 5.73 Å². The molecule has 3 nitrogen and oxygen atoms in total. The predicted molar refractivity (Wildman–Crippen MR) is 61.2 cm³/mol. The lowest BCUT2D eigenvalue weighted by Gasteiger charge is -2.08. The van der Waals surface area contributed by atoms with Gasteiger partial charge in [0.05, 0.1) is 6.20 Å². The molecule has 1 aromatic heterocycles. The lowest BCUT2D eigenvalue weighted by atomic mass is 10.0. The number of aryl methyl sites for hydroxylation is 1. The quantitative estimate of drug-likeness (QED) is 0.841. The van der Waals surface area contributed by atoms with E-state index in [-0.39, 0.29) is 11.9 Å². The lowest BCUT2D eigenvalue weighted by molar-refractivity contribution is 0.629. The minimum absolute atomic E-state index is 0.101. The summed E-state index contributed by atoms with van der Waals surface area (Å²) in [5, 5.41) is 4.03. The van der Waals surface area contributed by atoms with Gasteiger partial charge >= 0.3 is 0 Å². The summed E-state index contributed by atoms with van der Waals surface area (Å²) >= 11 is 0. The Morgan fingerprint density at radius 2 is 2.19 bits per heavy atom. The molecule has 1 heterocycles. The summed E-state index contributed by atoms with van der Waals surface area (Å²) in [5.74, 6) is -0.252. The van der Waals surface area contributed by atoms with Crippen molar-refractivity contribution >= 4 is 0 Å². The van der Waals surface area contributed by atoms with Crippen molar-refractivity contribution in [1.29, 1.82) is 0 Å². The smallest absolute Gasteiger partial charge is 0.131 e. The van der Waals surface area contributed by atoms with Crippen LogP contribution in [0, 0.1) is 5.82 Å². The molecule has 4 heteroatoms. The van der Waals surface area contributed by atoms with Crippen molar-refractivity contribution < 1.29 is 4.39 Å². The van der Waals surface area contributed by atoms with Crippen molar-refractivity contribution in [2.24, 2.45) is 12.8 Å². The maximum atomic E-state index is 13.7. The van der Waals surface area contributed by atoms with Crippen LogP contribution in [-0.4, -0.2) is 9.78 Å². The first-order chi connectivity index (χ1) is 7.58. The van der Waals surface area contributed by atoms with Crippen LogP contribution < -0.4 is 5.73 Å². The zero-order valence-corrected chi connectivity index (χ0v) is 9.31. The lowest BCUT2D eigenvalue weighted by Crippen LogP contribution is -2.05. The highest BCUT2D eigenvalue weighted by molar-refractivity contribution is 5.63. The Labute approximate surface area is 93.7 Å². The van der Waals surface area contributed by atoms with Crippen LogP contribution in [0.2, 0.25) is 0 Å². The standard InChI is InChI=1S/C12H14FN3/c1-8(14)9-3-4-12(13)11(5-9)10-6-15-16(2)7-10/h3-8H,14H2,1-2H3. The predicted octanol–water partition coefficient (Wildman–Crippen LogP) is 2.25. The fraction of sp³-hybridized carbons (Fsp3) is 0.250. The van der Waals surface area contributed by atoms with E-state index < -0.39 is 0 Å². The van der Waals surface area contributed by atoms with Gasteiger partial charge in [-0.25, -0.2) is 4.39 Å². The zero-order valence-electron chi connectivity index (χ0n) is 9.31. The van der Waals surface area contributed by atoms with E-state index in [1.165, 1.54) is 6.07 Å². The second-order valence-corrected chi connectivity index (χ2v) is 3.93. The normalized spacial score (nSPS) is 12.8. The summed E-state index contributed by atoms with van der Waals surface area (Å²) < 4.78 is 15.3. The van der Waals surface area contributed by atoms with E-state index in [4.69, 9.17) is 5.73 Å². The second-order valence-electron chi connectivity index (χ2n) is 3.93. The Morgan fingerprint density at radius 1 is 1.44 bits per heavy atom. The van der Waals surface area contributed by atoms with Gasteiger partial charge in [-0.1, -0.05) is 6.07 Å². The van der Waals surface area contributed by atoms with Gasteiger partial charge in [0.15, 0.2) is 0 Å². The first-order valence-electron chi connectivity index (χ1n) is 5.12. The molecule has 0 aliphatic heterocycles. The monoisotopic (exact) mass is 219 g/mol. The van der Waals surface area contributed by atoms with Crippen LogP contribution in [0.25, 0.3) is 11.1 Å². The summed E-state index contributed by atoms with van der Waals surface area (Å²) in [6.07, 6.45) is 3.42. The Hall–Kier alpha value is -1.68. The van der Waals surface area contributed by atoms with E-state index in [0.717, 1.165) is 11.1 Å². The third-order valence-corrected chi connectivity index (χ3v) is 2.53. The van der Waals surface area contributed by atoms with Crippen LogP contribution in [0.3, 0.4) is 0 Å². The molecule has 2 aromatic rings. The van der Waals surface area contributed by atoms with Gasteiger partial charge in [0.2, 0.25) is 0 Å². The Kier molecular flexibility index (Phi) is 2.75. The molecule has 0 amide bonds. The van der Waals surface area contributed by atoms with Gasteiger partial charge in [-0.2, -0.15) is 5.10 Å². The topological polar surface area (TPSA) is 43.8 Å². The fourth-order valence-corrected chi connectivity index (χ4v) is 1.61. The molecule has 0 fully saturated rings. The van der Waals surface area contributed by atoms with Crippen molar-refractivity contribution in [3.8, 4) is 11.1 Å². The molecule has 0 aliphatic carbocycles. The molecule has 1 unspecified atom stereocenters. The number of halogens is 1. The minimum atomic E-state index is -0.252. The Bertz CT molecular complexity index is 503. The van der Waals surface area contributed by atoms with Crippen LogP contribution in [0.15, 0.2) is 30.6 Å². The summed E-state index contributed by atoms with van der Waals surface area (Å²) in [6, 6.07) is 4.83. The van der Waals surface area contributed by atoms with Crippen molar-refractivity contribution in [1.82, 2.24) is 9.78 Å². The van der Waals surface area contributed by atoms with E-state index in [2.05, 4.69) is 5.10 Å². The molecule has 2 N–H and O–H groups in total. The van der Waals surface area contributed by atoms with Crippen LogP contribution in [0.4, 0.5) is 4.39 Å². The average molecular weight is 219 g/mol. The molecule has 16 heavy (non-hydrogen) atoms. The van der Waals surface area contributed by atoms with Crippen LogP contribution in [-0.2, 0) is 7.05 Å². The molecule has 2 rings (SSSR count). The third-order valence-electron chi connectivity index (χ3n) is 2.53. The second kappa shape index (κ2) is 4.06. The van der Waals surface area contributed by atoms with Gasteiger partial charge in [-0.15, -0.1) is 0 Å². The maximum Gasteiger partial charge on any atom is 0.131 e. The molecule has 0 aliphatic rings. The molecule has 0 spiro atoms. The number of nitrogens with two attached hydrogens (primary N) is 1. The van der Waals surface area contributed by atoms with Crippen LogP contribution in [0.1, 0.15) is 18.5 Å². The first-order valence-corrected chi connectivity index (χ1v) is 5.12. The summed E-state index contributed by atoms with van der Waals surface area (Å²) in [7, 11) is 1.80. The fourth-order valence-electron chi connectivity index (χ4n) is 1.61. The molecule has 0 bridgehead atoms. The number of hydrogen-bond donors (Lipinski definition) is 1. The van der Waals surface area contributed by atoms with Crippen molar-refractivity contribution in [3.05, 3.63) is 42.0 Å². The number of nitrogens with zero attached hydrogens (tertiary/aromatic N) is 2. The molecule has 0 saturated carbocycles. The van der Waals surface area contributed by atoms with Gasteiger partial charge in [0.1, 0.15) is 5.82 Å². The maximum absolute atomic E-state index is 13.7. The molecule has 0 radical (unpaired) electrons. The van der Waals surface area contributed by atoms with Crippen molar-refractivity contribution in [2.45, 2.75) is 13.0 Å². The van der Waals surface area contributed by atoms with Crippen LogP contribution >= 0.6 is 0 Å². The van der Waals surface area contributed by atoms with E-state index in [1.54, 1.807) is 36.3 Å². The van der Waals surface area contributed by atoms with Crippen molar-refractivity contribution in [3.63, 3.8) is 0 Å². The van der Waals surface area contributed by atoms with Gasteiger partial charge in [0, 0.05) is 30.4 Å². The molecular weight excluding hydrogens is 205 g/mol. The number of hydrogen-bond acceptors (Lipinski definition) is 2. The van der Waals surface area contributed by atoms with Crippen molar-refractivity contribution in [2.75, 3.05) is 0 Å². The Morgan fingerprint density at radius 3 is 2.75 bits per heavy atom. The molecule has 1 aromatic carbocycles. The zero-order chi connectivity index (χ0) is 11.7. The number of rotatable bonds is 2. The largest absolute Gasteiger partial charge is 0.324 e. The summed E-state index contributed by atoms with van der Waals surface area (Å²) in [4.78, 5) is 0. The average Bonchev–Trinajstić information content (AvgIpc) is 2.65. The Balaban J connectivity index is 2.51. The van der Waals surface area contributed by atoms with Gasteiger partial charge in [-0.3, -0.25) is 4.68 Å². The van der Waals surface area contributed by atoms with E-state index >= 15 is 0 Å². The van der Waals surface area contributed by atoms with E-state index in [0.29, 0.717) is 5.56 Å². The van der Waals surface area contributed by atoms with E-state index in [1.807, 2.05) is 6.92 Å². The number of benzene rings is 1.